The van der Waals surface area contributed by atoms with Gasteiger partial charge in [0.1, 0.15) is 17.3 Å². The van der Waals surface area contributed by atoms with Crippen LogP contribution >= 0.6 is 0 Å². The lowest BCUT2D eigenvalue weighted by molar-refractivity contribution is 0.389. The molecule has 0 fully saturated rings. The van der Waals surface area contributed by atoms with Crippen LogP contribution in [0.15, 0.2) is 36.4 Å². The number of hydrogen-bond donors (Lipinski definition) is 1. The molecule has 1 atom stereocenters. The summed E-state index contributed by atoms with van der Waals surface area (Å²) < 4.78 is 24.5. The van der Waals surface area contributed by atoms with Crippen molar-refractivity contribution in [1.29, 1.82) is 0 Å². The van der Waals surface area contributed by atoms with E-state index in [-0.39, 0.29) is 5.82 Å². The van der Waals surface area contributed by atoms with Crippen LogP contribution in [0.1, 0.15) is 23.6 Å². The standard InChI is InChI=1S/C17H20FNO2/c1-11-5-6-12(9-15(11)18)17(2,19)14-10-13(20-3)7-8-16(14)21-4/h5-10H,19H2,1-4H3. The quantitative estimate of drug-likeness (QED) is 0.938. The van der Waals surface area contributed by atoms with Gasteiger partial charge in [-0.15, -0.1) is 0 Å². The van der Waals surface area contributed by atoms with E-state index in [1.165, 1.54) is 6.07 Å². The number of rotatable bonds is 4. The van der Waals surface area contributed by atoms with E-state index in [0.29, 0.717) is 22.6 Å². The first-order valence-electron chi connectivity index (χ1n) is 6.68. The van der Waals surface area contributed by atoms with Crippen LogP contribution < -0.4 is 15.2 Å². The lowest BCUT2D eigenvalue weighted by Crippen LogP contribution is -2.35. The number of benzene rings is 2. The molecule has 0 spiro atoms. The summed E-state index contributed by atoms with van der Waals surface area (Å²) in [4.78, 5) is 0. The summed E-state index contributed by atoms with van der Waals surface area (Å²) in [7, 11) is 3.17. The molecular weight excluding hydrogens is 269 g/mol. The van der Waals surface area contributed by atoms with Crippen molar-refractivity contribution >= 4 is 0 Å². The largest absolute Gasteiger partial charge is 0.497 e. The smallest absolute Gasteiger partial charge is 0.126 e. The molecular formula is C17H20FNO2. The second-order valence-electron chi connectivity index (χ2n) is 5.23. The van der Waals surface area contributed by atoms with E-state index in [0.717, 1.165) is 5.56 Å². The second kappa shape index (κ2) is 5.74. The van der Waals surface area contributed by atoms with Gasteiger partial charge in [-0.05, 0) is 49.2 Å². The highest BCUT2D eigenvalue weighted by Crippen LogP contribution is 2.36. The Kier molecular flexibility index (Phi) is 4.19. The number of ether oxygens (including phenoxy) is 2. The van der Waals surface area contributed by atoms with Gasteiger partial charge in [0.15, 0.2) is 0 Å². The van der Waals surface area contributed by atoms with Crippen molar-refractivity contribution in [3.05, 3.63) is 58.9 Å². The average molecular weight is 289 g/mol. The van der Waals surface area contributed by atoms with Gasteiger partial charge in [0.05, 0.1) is 19.8 Å². The van der Waals surface area contributed by atoms with Crippen molar-refractivity contribution in [3.63, 3.8) is 0 Å². The SMILES string of the molecule is COc1ccc(OC)c(C(C)(N)c2ccc(C)c(F)c2)c1. The predicted octanol–water partition coefficient (Wildman–Crippen LogP) is 3.37. The Hall–Kier alpha value is -2.07. The normalized spacial score (nSPS) is 13.6. The molecule has 0 saturated heterocycles. The summed E-state index contributed by atoms with van der Waals surface area (Å²) in [5, 5.41) is 0. The molecule has 2 N–H and O–H groups in total. The molecule has 0 amide bonds. The number of methoxy groups -OCH3 is 2. The lowest BCUT2D eigenvalue weighted by atomic mass is 9.84. The van der Waals surface area contributed by atoms with E-state index in [2.05, 4.69) is 0 Å². The van der Waals surface area contributed by atoms with Crippen LogP contribution in [0.25, 0.3) is 0 Å². The third-order valence-electron chi connectivity index (χ3n) is 3.74. The van der Waals surface area contributed by atoms with E-state index >= 15 is 0 Å². The van der Waals surface area contributed by atoms with Gasteiger partial charge in [-0.2, -0.15) is 0 Å². The monoisotopic (exact) mass is 289 g/mol. The number of nitrogens with two attached hydrogens (primary N) is 1. The fraction of sp³-hybridized carbons (Fsp3) is 0.294. The molecule has 1 unspecified atom stereocenters. The Morgan fingerprint density at radius 1 is 1.05 bits per heavy atom. The van der Waals surface area contributed by atoms with Crippen molar-refractivity contribution in [1.82, 2.24) is 0 Å². The van der Waals surface area contributed by atoms with Gasteiger partial charge in [0.25, 0.3) is 0 Å². The molecule has 0 saturated carbocycles. The molecule has 0 radical (unpaired) electrons. The van der Waals surface area contributed by atoms with E-state index in [1.807, 2.05) is 19.1 Å². The number of aryl methyl sites for hydroxylation is 1. The van der Waals surface area contributed by atoms with Crippen molar-refractivity contribution in [2.24, 2.45) is 5.73 Å². The highest BCUT2D eigenvalue weighted by molar-refractivity contribution is 5.49. The maximum Gasteiger partial charge on any atom is 0.126 e. The van der Waals surface area contributed by atoms with Gasteiger partial charge in [-0.1, -0.05) is 12.1 Å². The minimum atomic E-state index is -0.894. The van der Waals surface area contributed by atoms with Crippen LogP contribution in [0.3, 0.4) is 0 Å². The maximum absolute atomic E-state index is 13.8. The fourth-order valence-electron chi connectivity index (χ4n) is 2.29. The molecule has 0 aliphatic heterocycles. The van der Waals surface area contributed by atoms with Gasteiger partial charge >= 0.3 is 0 Å². The molecule has 2 aromatic rings. The number of halogens is 1. The Bertz CT molecular complexity index is 653. The molecule has 4 heteroatoms. The summed E-state index contributed by atoms with van der Waals surface area (Å²) in [6.07, 6.45) is 0. The van der Waals surface area contributed by atoms with Crippen LogP contribution in [0, 0.1) is 12.7 Å². The van der Waals surface area contributed by atoms with E-state index in [9.17, 15) is 4.39 Å². The van der Waals surface area contributed by atoms with Crippen molar-refractivity contribution in [3.8, 4) is 11.5 Å². The second-order valence-corrected chi connectivity index (χ2v) is 5.23. The Balaban J connectivity index is 2.58. The lowest BCUT2D eigenvalue weighted by Gasteiger charge is -2.28. The fourth-order valence-corrected chi connectivity index (χ4v) is 2.29. The molecule has 2 aromatic carbocycles. The highest BCUT2D eigenvalue weighted by Gasteiger charge is 2.28. The maximum atomic E-state index is 13.8. The molecule has 3 nitrogen and oxygen atoms in total. The highest BCUT2D eigenvalue weighted by atomic mass is 19.1. The summed E-state index contributed by atoms with van der Waals surface area (Å²) in [5.41, 5.74) is 7.59. The van der Waals surface area contributed by atoms with Crippen LogP contribution in [0.4, 0.5) is 4.39 Å². The zero-order valence-electron chi connectivity index (χ0n) is 12.7. The molecule has 0 aromatic heterocycles. The minimum Gasteiger partial charge on any atom is -0.497 e. The van der Waals surface area contributed by atoms with E-state index < -0.39 is 5.54 Å². The van der Waals surface area contributed by atoms with E-state index in [4.69, 9.17) is 15.2 Å². The van der Waals surface area contributed by atoms with Crippen LogP contribution in [-0.4, -0.2) is 14.2 Å². The summed E-state index contributed by atoms with van der Waals surface area (Å²) in [6, 6.07) is 10.4. The third kappa shape index (κ3) is 2.85. The Morgan fingerprint density at radius 3 is 2.33 bits per heavy atom. The first-order chi connectivity index (χ1) is 9.90. The van der Waals surface area contributed by atoms with E-state index in [1.54, 1.807) is 39.3 Å². The first-order valence-corrected chi connectivity index (χ1v) is 6.68. The third-order valence-corrected chi connectivity index (χ3v) is 3.74. The van der Waals surface area contributed by atoms with Crippen molar-refractivity contribution in [2.45, 2.75) is 19.4 Å². The number of hydrogen-bond acceptors (Lipinski definition) is 3. The van der Waals surface area contributed by atoms with Crippen molar-refractivity contribution in [2.75, 3.05) is 14.2 Å². The molecule has 0 bridgehead atoms. The van der Waals surface area contributed by atoms with Crippen LogP contribution in [0.2, 0.25) is 0 Å². The first kappa shape index (κ1) is 15.3. The Morgan fingerprint density at radius 2 is 1.76 bits per heavy atom. The summed E-state index contributed by atoms with van der Waals surface area (Å²) in [6.45, 7) is 3.55. The molecule has 0 aliphatic rings. The predicted molar refractivity (Wildman–Crippen MR) is 81.3 cm³/mol. The Labute approximate surface area is 124 Å². The van der Waals surface area contributed by atoms with Gasteiger partial charge in [0, 0.05) is 5.56 Å². The molecule has 0 aliphatic carbocycles. The minimum absolute atomic E-state index is 0.272. The summed E-state index contributed by atoms with van der Waals surface area (Å²) in [5.74, 6) is 1.04. The zero-order valence-corrected chi connectivity index (χ0v) is 12.7. The topological polar surface area (TPSA) is 44.5 Å². The molecule has 2 rings (SSSR count). The van der Waals surface area contributed by atoms with Gasteiger partial charge in [-0.3, -0.25) is 0 Å². The van der Waals surface area contributed by atoms with Crippen LogP contribution in [-0.2, 0) is 5.54 Å². The van der Waals surface area contributed by atoms with Gasteiger partial charge < -0.3 is 15.2 Å². The van der Waals surface area contributed by atoms with Crippen molar-refractivity contribution < 1.29 is 13.9 Å². The zero-order chi connectivity index (χ0) is 15.6. The van der Waals surface area contributed by atoms with Gasteiger partial charge in [0.2, 0.25) is 0 Å². The summed E-state index contributed by atoms with van der Waals surface area (Å²) >= 11 is 0. The molecule has 21 heavy (non-hydrogen) atoms. The average Bonchev–Trinajstić information content (AvgIpc) is 2.49. The van der Waals surface area contributed by atoms with Gasteiger partial charge in [-0.25, -0.2) is 4.39 Å². The molecule has 0 heterocycles. The van der Waals surface area contributed by atoms with Crippen LogP contribution in [0.5, 0.6) is 11.5 Å². The molecule has 112 valence electrons.